The number of methoxy groups -OCH3 is 1. The van der Waals surface area contributed by atoms with Crippen LogP contribution in [0.15, 0.2) is 60.8 Å². The molecular formula is C21H20N4O3. The number of nitrogens with one attached hydrogen (secondary N) is 2. The molecule has 0 aliphatic carbocycles. The SMILES string of the molecule is COc1ccc(-n2ccc(CNC(=O)C3CC(=O)Nc4ccccc43)n2)cc1. The summed E-state index contributed by atoms with van der Waals surface area (Å²) in [5, 5.41) is 10.2. The molecule has 0 saturated heterocycles. The van der Waals surface area contributed by atoms with Crippen molar-refractivity contribution in [2.45, 2.75) is 18.9 Å². The summed E-state index contributed by atoms with van der Waals surface area (Å²) >= 11 is 0. The molecule has 142 valence electrons. The molecule has 3 aromatic rings. The van der Waals surface area contributed by atoms with Crippen molar-refractivity contribution in [2.75, 3.05) is 12.4 Å². The van der Waals surface area contributed by atoms with Crippen LogP contribution < -0.4 is 15.4 Å². The lowest BCUT2D eigenvalue weighted by Crippen LogP contribution is -2.34. The largest absolute Gasteiger partial charge is 0.497 e. The van der Waals surface area contributed by atoms with Crippen molar-refractivity contribution in [3.05, 3.63) is 72.1 Å². The molecule has 2 amide bonds. The molecule has 0 radical (unpaired) electrons. The number of carbonyl (C=O) groups excluding carboxylic acids is 2. The number of nitrogens with zero attached hydrogens (tertiary/aromatic N) is 2. The van der Waals surface area contributed by atoms with Crippen LogP contribution in [0.1, 0.15) is 23.6 Å². The molecule has 1 aromatic heterocycles. The van der Waals surface area contributed by atoms with Gasteiger partial charge in [-0.05, 0) is 42.0 Å². The third-order valence-electron chi connectivity index (χ3n) is 4.74. The van der Waals surface area contributed by atoms with Crippen LogP contribution in [-0.2, 0) is 16.1 Å². The minimum Gasteiger partial charge on any atom is -0.497 e. The Kier molecular flexibility index (Phi) is 4.80. The van der Waals surface area contributed by atoms with Crippen LogP contribution in [-0.4, -0.2) is 28.7 Å². The average molecular weight is 376 g/mol. The van der Waals surface area contributed by atoms with E-state index in [0.29, 0.717) is 12.2 Å². The Morgan fingerprint density at radius 3 is 2.79 bits per heavy atom. The van der Waals surface area contributed by atoms with Crippen LogP contribution in [0.3, 0.4) is 0 Å². The van der Waals surface area contributed by atoms with E-state index in [9.17, 15) is 9.59 Å². The zero-order valence-electron chi connectivity index (χ0n) is 15.4. The van der Waals surface area contributed by atoms with Crippen LogP contribution in [0.5, 0.6) is 5.75 Å². The lowest BCUT2D eigenvalue weighted by atomic mass is 9.90. The zero-order valence-corrected chi connectivity index (χ0v) is 15.4. The summed E-state index contributed by atoms with van der Waals surface area (Å²) in [6, 6.07) is 16.8. The van der Waals surface area contributed by atoms with E-state index < -0.39 is 5.92 Å². The zero-order chi connectivity index (χ0) is 19.5. The molecule has 28 heavy (non-hydrogen) atoms. The maximum absolute atomic E-state index is 12.7. The first kappa shape index (κ1) is 17.8. The van der Waals surface area contributed by atoms with E-state index in [1.165, 1.54) is 0 Å². The standard InChI is InChI=1S/C21H20N4O3/c1-28-16-8-6-15(7-9-16)25-11-10-14(24-25)13-22-21(27)18-12-20(26)23-19-5-3-2-4-17(18)19/h2-11,18H,12-13H2,1H3,(H,22,27)(H,23,26). The normalized spacial score (nSPS) is 15.5. The van der Waals surface area contributed by atoms with Gasteiger partial charge in [0.2, 0.25) is 11.8 Å². The molecule has 1 unspecified atom stereocenters. The Labute approximate surface area is 162 Å². The third kappa shape index (κ3) is 3.59. The number of anilines is 1. The van der Waals surface area contributed by atoms with Crippen molar-refractivity contribution in [3.8, 4) is 11.4 Å². The maximum atomic E-state index is 12.7. The Morgan fingerprint density at radius 2 is 2.00 bits per heavy atom. The third-order valence-corrected chi connectivity index (χ3v) is 4.74. The van der Waals surface area contributed by atoms with Crippen LogP contribution in [0, 0.1) is 0 Å². The Hall–Kier alpha value is -3.61. The first-order valence-corrected chi connectivity index (χ1v) is 8.99. The fourth-order valence-corrected chi connectivity index (χ4v) is 3.28. The second-order valence-electron chi connectivity index (χ2n) is 6.56. The first-order chi connectivity index (χ1) is 13.6. The lowest BCUT2D eigenvalue weighted by Gasteiger charge is -2.24. The molecule has 2 heterocycles. The Balaban J connectivity index is 1.43. The second kappa shape index (κ2) is 7.56. The number of benzene rings is 2. The summed E-state index contributed by atoms with van der Waals surface area (Å²) in [4.78, 5) is 24.6. The predicted octanol–water partition coefficient (Wildman–Crippen LogP) is 2.62. The van der Waals surface area contributed by atoms with Crippen LogP contribution >= 0.6 is 0 Å². The van der Waals surface area contributed by atoms with E-state index >= 15 is 0 Å². The molecule has 0 bridgehead atoms. The molecule has 2 aromatic carbocycles. The van der Waals surface area contributed by atoms with Crippen molar-refractivity contribution in [1.82, 2.24) is 15.1 Å². The van der Waals surface area contributed by atoms with E-state index in [1.54, 1.807) is 11.8 Å². The maximum Gasteiger partial charge on any atom is 0.228 e. The number of ether oxygens (including phenoxy) is 1. The molecule has 2 N–H and O–H groups in total. The second-order valence-corrected chi connectivity index (χ2v) is 6.56. The number of amides is 2. The van der Waals surface area contributed by atoms with Gasteiger partial charge in [-0.25, -0.2) is 4.68 Å². The van der Waals surface area contributed by atoms with E-state index in [1.807, 2.05) is 60.8 Å². The number of rotatable bonds is 5. The summed E-state index contributed by atoms with van der Waals surface area (Å²) in [5.74, 6) is -0.0438. The van der Waals surface area contributed by atoms with E-state index in [0.717, 1.165) is 22.7 Å². The highest BCUT2D eigenvalue weighted by Gasteiger charge is 2.30. The highest BCUT2D eigenvalue weighted by molar-refractivity contribution is 6.01. The molecule has 4 rings (SSSR count). The average Bonchev–Trinajstić information content (AvgIpc) is 3.20. The first-order valence-electron chi connectivity index (χ1n) is 8.99. The van der Waals surface area contributed by atoms with Crippen LogP contribution in [0.4, 0.5) is 5.69 Å². The molecule has 1 aliphatic rings. The fraction of sp³-hybridized carbons (Fsp3) is 0.190. The van der Waals surface area contributed by atoms with E-state index in [2.05, 4.69) is 15.7 Å². The molecule has 0 saturated carbocycles. The number of aromatic nitrogens is 2. The van der Waals surface area contributed by atoms with Gasteiger partial charge >= 0.3 is 0 Å². The number of carbonyl (C=O) groups is 2. The van der Waals surface area contributed by atoms with Crippen molar-refractivity contribution in [1.29, 1.82) is 0 Å². The summed E-state index contributed by atoms with van der Waals surface area (Å²) in [6.45, 7) is 0.294. The summed E-state index contributed by atoms with van der Waals surface area (Å²) in [7, 11) is 1.62. The van der Waals surface area contributed by atoms with Gasteiger partial charge in [-0.15, -0.1) is 0 Å². The van der Waals surface area contributed by atoms with Gasteiger partial charge in [0.15, 0.2) is 0 Å². The lowest BCUT2D eigenvalue weighted by molar-refractivity contribution is -0.126. The molecular weight excluding hydrogens is 356 g/mol. The van der Waals surface area contributed by atoms with Crippen molar-refractivity contribution in [2.24, 2.45) is 0 Å². The molecule has 0 spiro atoms. The summed E-state index contributed by atoms with van der Waals surface area (Å²) in [6.07, 6.45) is 1.98. The fourth-order valence-electron chi connectivity index (χ4n) is 3.28. The number of fused-ring (bicyclic) bond motifs is 1. The molecule has 7 nitrogen and oxygen atoms in total. The summed E-state index contributed by atoms with van der Waals surface area (Å²) < 4.78 is 6.90. The van der Waals surface area contributed by atoms with Gasteiger partial charge in [-0.1, -0.05) is 18.2 Å². The highest BCUT2D eigenvalue weighted by atomic mass is 16.5. The quantitative estimate of drug-likeness (QED) is 0.717. The number of hydrogen-bond donors (Lipinski definition) is 2. The number of para-hydroxylation sites is 1. The predicted molar refractivity (Wildman–Crippen MR) is 104 cm³/mol. The van der Waals surface area contributed by atoms with Crippen LogP contribution in [0.2, 0.25) is 0 Å². The van der Waals surface area contributed by atoms with Gasteiger partial charge in [0.1, 0.15) is 5.75 Å². The minimum atomic E-state index is -0.492. The Morgan fingerprint density at radius 1 is 1.21 bits per heavy atom. The van der Waals surface area contributed by atoms with Crippen molar-refractivity contribution in [3.63, 3.8) is 0 Å². The van der Waals surface area contributed by atoms with Crippen LogP contribution in [0.25, 0.3) is 5.69 Å². The van der Waals surface area contributed by atoms with E-state index in [-0.39, 0.29) is 18.2 Å². The molecule has 7 heteroatoms. The van der Waals surface area contributed by atoms with E-state index in [4.69, 9.17) is 4.74 Å². The van der Waals surface area contributed by atoms with Gasteiger partial charge < -0.3 is 15.4 Å². The van der Waals surface area contributed by atoms with Gasteiger partial charge in [-0.3, -0.25) is 9.59 Å². The number of hydrogen-bond acceptors (Lipinski definition) is 4. The monoisotopic (exact) mass is 376 g/mol. The van der Waals surface area contributed by atoms with Gasteiger partial charge in [-0.2, -0.15) is 5.10 Å². The smallest absolute Gasteiger partial charge is 0.228 e. The van der Waals surface area contributed by atoms with Gasteiger partial charge in [0.25, 0.3) is 0 Å². The van der Waals surface area contributed by atoms with Crippen molar-refractivity contribution < 1.29 is 14.3 Å². The minimum absolute atomic E-state index is 0.142. The molecule has 1 atom stereocenters. The molecule has 1 aliphatic heterocycles. The Bertz CT molecular complexity index is 1010. The molecule has 0 fully saturated rings. The topological polar surface area (TPSA) is 85.2 Å². The van der Waals surface area contributed by atoms with Gasteiger partial charge in [0, 0.05) is 18.3 Å². The highest BCUT2D eigenvalue weighted by Crippen LogP contribution is 2.32. The van der Waals surface area contributed by atoms with Crippen molar-refractivity contribution >= 4 is 17.5 Å². The summed E-state index contributed by atoms with van der Waals surface area (Å²) in [5.41, 5.74) is 3.17. The van der Waals surface area contributed by atoms with Gasteiger partial charge in [0.05, 0.1) is 31.0 Å².